The van der Waals surface area contributed by atoms with Gasteiger partial charge in [-0.1, -0.05) is 41.5 Å². The van der Waals surface area contributed by atoms with Gasteiger partial charge in [0.1, 0.15) is 11.6 Å². The van der Waals surface area contributed by atoms with Gasteiger partial charge in [-0.2, -0.15) is 0 Å². The Morgan fingerprint density at radius 2 is 1.57 bits per heavy atom. The van der Waals surface area contributed by atoms with Crippen molar-refractivity contribution in [1.82, 2.24) is 19.5 Å². The maximum Gasteiger partial charge on any atom is 0.111 e. The van der Waals surface area contributed by atoms with Gasteiger partial charge in [0.2, 0.25) is 0 Å². The lowest BCUT2D eigenvalue weighted by molar-refractivity contribution is 0.535. The van der Waals surface area contributed by atoms with Crippen LogP contribution < -0.4 is 0 Å². The molecule has 2 heterocycles. The molecule has 0 amide bonds. The first-order valence-corrected chi connectivity index (χ1v) is 8.87. The Hall–Kier alpha value is -1.58. The molecule has 4 nitrogen and oxygen atoms in total. The zero-order valence-corrected chi connectivity index (χ0v) is 15.7. The first-order valence-electron chi connectivity index (χ1n) is 8.87. The van der Waals surface area contributed by atoms with Crippen LogP contribution in [0.2, 0.25) is 0 Å². The van der Waals surface area contributed by atoms with Crippen LogP contribution in [0.15, 0.2) is 12.4 Å². The van der Waals surface area contributed by atoms with Crippen molar-refractivity contribution in [1.29, 1.82) is 0 Å². The van der Waals surface area contributed by atoms with E-state index in [9.17, 15) is 0 Å². The van der Waals surface area contributed by atoms with Crippen molar-refractivity contribution in [3.05, 3.63) is 35.4 Å². The van der Waals surface area contributed by atoms with Crippen molar-refractivity contribution in [3.8, 4) is 0 Å². The molecule has 2 aromatic heterocycles. The molecule has 0 aromatic carbocycles. The highest BCUT2D eigenvalue weighted by Gasteiger charge is 2.17. The van der Waals surface area contributed by atoms with Crippen molar-refractivity contribution in [2.45, 2.75) is 78.1 Å². The fourth-order valence-corrected chi connectivity index (χ4v) is 3.11. The fourth-order valence-electron chi connectivity index (χ4n) is 3.11. The quantitative estimate of drug-likeness (QED) is 0.774. The summed E-state index contributed by atoms with van der Waals surface area (Å²) >= 11 is 0. The van der Waals surface area contributed by atoms with Crippen molar-refractivity contribution in [2.75, 3.05) is 0 Å². The molecule has 2 rings (SSSR count). The fraction of sp³-hybridized carbons (Fsp3) is 0.684. The molecule has 23 heavy (non-hydrogen) atoms. The van der Waals surface area contributed by atoms with Gasteiger partial charge < -0.3 is 9.55 Å². The van der Waals surface area contributed by atoms with E-state index in [1.165, 1.54) is 17.2 Å². The van der Waals surface area contributed by atoms with E-state index in [1.807, 2.05) is 6.20 Å². The van der Waals surface area contributed by atoms with Gasteiger partial charge >= 0.3 is 0 Å². The second kappa shape index (κ2) is 7.33. The van der Waals surface area contributed by atoms with Crippen LogP contribution in [-0.2, 0) is 7.05 Å². The third kappa shape index (κ3) is 4.04. The smallest absolute Gasteiger partial charge is 0.111 e. The van der Waals surface area contributed by atoms with Gasteiger partial charge in [-0.05, 0) is 24.7 Å². The van der Waals surface area contributed by atoms with E-state index < -0.39 is 0 Å². The van der Waals surface area contributed by atoms with Gasteiger partial charge in [0.05, 0.1) is 0 Å². The van der Waals surface area contributed by atoms with Crippen LogP contribution in [0, 0.1) is 0 Å². The average Bonchev–Trinajstić information content (AvgIpc) is 3.11. The van der Waals surface area contributed by atoms with Gasteiger partial charge in [0, 0.05) is 42.7 Å². The second-order valence-corrected chi connectivity index (χ2v) is 7.51. The van der Waals surface area contributed by atoms with E-state index in [1.54, 1.807) is 0 Å². The Morgan fingerprint density at radius 3 is 2.09 bits per heavy atom. The van der Waals surface area contributed by atoms with E-state index in [0.29, 0.717) is 23.7 Å². The van der Waals surface area contributed by atoms with Crippen LogP contribution >= 0.6 is 0 Å². The van der Waals surface area contributed by atoms with Gasteiger partial charge in [-0.25, -0.2) is 9.97 Å². The lowest BCUT2D eigenvalue weighted by Gasteiger charge is -2.16. The molecular formula is C19H32N4. The number of aromatic nitrogens is 4. The zero-order valence-electron chi connectivity index (χ0n) is 15.7. The van der Waals surface area contributed by atoms with Gasteiger partial charge in [-0.3, -0.25) is 0 Å². The van der Waals surface area contributed by atoms with Gasteiger partial charge in [0.25, 0.3) is 0 Å². The van der Waals surface area contributed by atoms with Crippen LogP contribution in [0.5, 0.6) is 0 Å². The Labute approximate surface area is 140 Å². The van der Waals surface area contributed by atoms with Crippen LogP contribution in [0.1, 0.15) is 101 Å². The van der Waals surface area contributed by atoms with Crippen LogP contribution in [0.3, 0.4) is 0 Å². The summed E-state index contributed by atoms with van der Waals surface area (Å²) in [7, 11) is 2.14. The molecular weight excluding hydrogens is 284 g/mol. The number of imidazole rings is 2. The molecule has 0 aliphatic heterocycles. The summed E-state index contributed by atoms with van der Waals surface area (Å²) in [5, 5.41) is 0. The zero-order chi connectivity index (χ0) is 17.1. The average molecular weight is 316 g/mol. The first kappa shape index (κ1) is 17.8. The molecule has 2 atom stereocenters. The molecule has 0 bridgehead atoms. The maximum absolute atomic E-state index is 4.59. The summed E-state index contributed by atoms with van der Waals surface area (Å²) in [5.74, 6) is 4.25. The number of rotatable bonds is 7. The highest BCUT2D eigenvalue weighted by Crippen LogP contribution is 2.28. The SMILES string of the molecule is CC(C)c1cnc(C(C)CCC(C)c2cnc(C(C)C)n2C)[nH]1. The third-order valence-electron chi connectivity index (χ3n) is 4.82. The Morgan fingerprint density at radius 1 is 0.913 bits per heavy atom. The Balaban J connectivity index is 1.96. The number of nitrogens with zero attached hydrogens (tertiary/aromatic N) is 3. The summed E-state index contributed by atoms with van der Waals surface area (Å²) in [6, 6.07) is 0. The molecule has 4 heteroatoms. The number of hydrogen-bond acceptors (Lipinski definition) is 2. The van der Waals surface area contributed by atoms with Crippen LogP contribution in [-0.4, -0.2) is 19.5 Å². The predicted octanol–water partition coefficient (Wildman–Crippen LogP) is 5.08. The monoisotopic (exact) mass is 316 g/mol. The molecule has 2 aromatic rings. The summed E-state index contributed by atoms with van der Waals surface area (Å²) in [4.78, 5) is 12.6. The predicted molar refractivity (Wildman–Crippen MR) is 96.0 cm³/mol. The summed E-state index contributed by atoms with van der Waals surface area (Å²) < 4.78 is 2.27. The Kier molecular flexibility index (Phi) is 5.66. The third-order valence-corrected chi connectivity index (χ3v) is 4.82. The van der Waals surface area contributed by atoms with Crippen LogP contribution in [0.25, 0.3) is 0 Å². The Bertz CT molecular complexity index is 621. The van der Waals surface area contributed by atoms with Crippen molar-refractivity contribution < 1.29 is 0 Å². The lowest BCUT2D eigenvalue weighted by Crippen LogP contribution is -2.07. The molecule has 0 saturated carbocycles. The normalized spacial score (nSPS) is 14.7. The van der Waals surface area contributed by atoms with Gasteiger partial charge in [0.15, 0.2) is 0 Å². The van der Waals surface area contributed by atoms with E-state index >= 15 is 0 Å². The van der Waals surface area contributed by atoms with E-state index in [2.05, 4.69) is 74.3 Å². The molecule has 0 spiro atoms. The minimum absolute atomic E-state index is 0.461. The minimum atomic E-state index is 0.461. The van der Waals surface area contributed by atoms with E-state index in [4.69, 9.17) is 0 Å². The molecule has 0 fully saturated rings. The maximum atomic E-state index is 4.59. The van der Waals surface area contributed by atoms with Crippen molar-refractivity contribution in [3.63, 3.8) is 0 Å². The molecule has 0 aliphatic carbocycles. The van der Waals surface area contributed by atoms with E-state index in [0.717, 1.165) is 18.7 Å². The standard InChI is InChI=1S/C19H32N4/c1-12(2)16-10-20-18(22-16)15(6)9-8-14(5)17-11-21-19(13(3)4)23(17)7/h10-15H,8-9H2,1-7H3,(H,20,22). The lowest BCUT2D eigenvalue weighted by atomic mass is 9.95. The van der Waals surface area contributed by atoms with Crippen LogP contribution in [0.4, 0.5) is 0 Å². The van der Waals surface area contributed by atoms with Crippen molar-refractivity contribution in [2.24, 2.45) is 7.05 Å². The highest BCUT2D eigenvalue weighted by atomic mass is 15.1. The topological polar surface area (TPSA) is 46.5 Å². The summed E-state index contributed by atoms with van der Waals surface area (Å²) in [6.45, 7) is 13.3. The molecule has 128 valence electrons. The van der Waals surface area contributed by atoms with Gasteiger partial charge in [-0.15, -0.1) is 0 Å². The molecule has 0 saturated heterocycles. The first-order chi connectivity index (χ1) is 10.8. The molecule has 1 N–H and O–H groups in total. The number of aromatic amines is 1. The highest BCUT2D eigenvalue weighted by molar-refractivity contribution is 5.12. The molecule has 0 aliphatic rings. The summed E-state index contributed by atoms with van der Waals surface area (Å²) in [6.07, 6.45) is 6.31. The number of nitrogens with one attached hydrogen (secondary N) is 1. The molecule has 0 radical (unpaired) electrons. The number of H-pyrrole nitrogens is 1. The van der Waals surface area contributed by atoms with Crippen molar-refractivity contribution >= 4 is 0 Å². The van der Waals surface area contributed by atoms with E-state index in [-0.39, 0.29) is 0 Å². The second-order valence-electron chi connectivity index (χ2n) is 7.51. The minimum Gasteiger partial charge on any atom is -0.345 e. The number of hydrogen-bond donors (Lipinski definition) is 1. The largest absolute Gasteiger partial charge is 0.345 e. The summed E-state index contributed by atoms with van der Waals surface area (Å²) in [5.41, 5.74) is 2.57. The molecule has 2 unspecified atom stereocenters.